The fourth-order valence-electron chi connectivity index (χ4n) is 2.10. The Balaban J connectivity index is 1.85. The molecule has 0 aliphatic heterocycles. The smallest absolute Gasteiger partial charge is 0.134 e. The lowest BCUT2D eigenvalue weighted by Gasteiger charge is -2.04. The van der Waals surface area contributed by atoms with Gasteiger partial charge in [0.2, 0.25) is 0 Å². The number of benzene rings is 1. The van der Waals surface area contributed by atoms with Crippen LogP contribution in [0.5, 0.6) is 0 Å². The van der Waals surface area contributed by atoms with Gasteiger partial charge in [-0.05, 0) is 56.7 Å². The quantitative estimate of drug-likeness (QED) is 0.724. The summed E-state index contributed by atoms with van der Waals surface area (Å²) in [5.74, 6) is 1.81. The van der Waals surface area contributed by atoms with Gasteiger partial charge in [-0.1, -0.05) is 30.7 Å². The predicted octanol–water partition coefficient (Wildman–Crippen LogP) is 4.00. The Morgan fingerprint density at radius 3 is 2.67 bits per heavy atom. The van der Waals surface area contributed by atoms with Crippen LogP contribution in [-0.4, -0.2) is 19.6 Å². The predicted molar refractivity (Wildman–Crippen MR) is 88.8 cm³/mol. The van der Waals surface area contributed by atoms with E-state index in [2.05, 4.69) is 17.6 Å². The molecule has 2 rings (SSSR count). The Hall–Kier alpha value is -1.29. The number of aryl methyl sites for hydroxylation is 1. The van der Waals surface area contributed by atoms with Crippen LogP contribution >= 0.6 is 11.6 Å². The van der Waals surface area contributed by atoms with E-state index in [1.165, 1.54) is 0 Å². The molecule has 0 fully saturated rings. The van der Waals surface area contributed by atoms with E-state index in [-0.39, 0.29) is 0 Å². The van der Waals surface area contributed by atoms with E-state index in [0.29, 0.717) is 0 Å². The zero-order valence-corrected chi connectivity index (χ0v) is 13.5. The van der Waals surface area contributed by atoms with E-state index in [1.54, 1.807) is 0 Å². The Kier molecular flexibility index (Phi) is 6.30. The first-order valence-corrected chi connectivity index (χ1v) is 7.85. The largest absolute Gasteiger partial charge is 0.460 e. The molecule has 0 amide bonds. The van der Waals surface area contributed by atoms with Crippen LogP contribution in [0.4, 0.5) is 0 Å². The third-order valence-corrected chi connectivity index (χ3v) is 3.78. The monoisotopic (exact) mass is 306 g/mol. The first kappa shape index (κ1) is 16.1. The highest BCUT2D eigenvalue weighted by atomic mass is 35.5. The number of hydrogen-bond donors (Lipinski definition) is 2. The van der Waals surface area contributed by atoms with Crippen molar-refractivity contribution in [2.24, 2.45) is 0 Å². The zero-order valence-electron chi connectivity index (χ0n) is 12.7. The Labute approximate surface area is 131 Å². The summed E-state index contributed by atoms with van der Waals surface area (Å²) in [5.41, 5.74) is 2.10. The molecule has 0 saturated carbocycles. The summed E-state index contributed by atoms with van der Waals surface area (Å²) in [4.78, 5) is 0. The lowest BCUT2D eigenvalue weighted by Crippen LogP contribution is -2.21. The molecular formula is C17H23ClN2O. The molecule has 0 spiro atoms. The van der Waals surface area contributed by atoms with Gasteiger partial charge in [0.05, 0.1) is 6.54 Å². The minimum atomic E-state index is 0.756. The molecule has 0 aliphatic carbocycles. The topological polar surface area (TPSA) is 37.2 Å². The summed E-state index contributed by atoms with van der Waals surface area (Å²) in [6, 6.07) is 10.0. The van der Waals surface area contributed by atoms with Gasteiger partial charge in [0.1, 0.15) is 11.5 Å². The van der Waals surface area contributed by atoms with Crippen LogP contribution in [0.2, 0.25) is 5.02 Å². The van der Waals surface area contributed by atoms with Crippen molar-refractivity contribution in [3.05, 3.63) is 46.7 Å². The van der Waals surface area contributed by atoms with Crippen molar-refractivity contribution in [1.82, 2.24) is 10.6 Å². The maximum absolute atomic E-state index is 6.15. The summed E-state index contributed by atoms with van der Waals surface area (Å²) in [6.45, 7) is 7.94. The first-order chi connectivity index (χ1) is 10.2. The first-order valence-electron chi connectivity index (χ1n) is 7.47. The number of hydrogen-bond acceptors (Lipinski definition) is 3. The number of furan rings is 1. The summed E-state index contributed by atoms with van der Waals surface area (Å²) in [6.07, 6.45) is 1.12. The molecule has 1 heterocycles. The number of nitrogens with one attached hydrogen (secondary N) is 2. The van der Waals surface area contributed by atoms with Crippen molar-refractivity contribution in [1.29, 1.82) is 0 Å². The third-order valence-electron chi connectivity index (χ3n) is 3.37. The van der Waals surface area contributed by atoms with Gasteiger partial charge in [0.25, 0.3) is 0 Å². The molecule has 21 heavy (non-hydrogen) atoms. The van der Waals surface area contributed by atoms with Crippen molar-refractivity contribution in [2.75, 3.05) is 19.6 Å². The van der Waals surface area contributed by atoms with Crippen molar-refractivity contribution < 1.29 is 4.42 Å². The molecule has 0 aliphatic rings. The Bertz CT molecular complexity index is 566. The van der Waals surface area contributed by atoms with Gasteiger partial charge in [-0.2, -0.15) is 0 Å². The van der Waals surface area contributed by atoms with Gasteiger partial charge in [0.15, 0.2) is 0 Å². The summed E-state index contributed by atoms with van der Waals surface area (Å²) >= 11 is 6.15. The second-order valence-electron chi connectivity index (χ2n) is 5.11. The SMILES string of the molecule is CCNCCCNCc1ccc(-c2ccc(C)c(Cl)c2)o1. The van der Waals surface area contributed by atoms with Gasteiger partial charge < -0.3 is 15.1 Å². The van der Waals surface area contributed by atoms with Crippen LogP contribution in [0.1, 0.15) is 24.7 Å². The average Bonchev–Trinajstić information content (AvgIpc) is 2.94. The van der Waals surface area contributed by atoms with Crippen molar-refractivity contribution in [3.63, 3.8) is 0 Å². The van der Waals surface area contributed by atoms with E-state index in [0.717, 1.165) is 60.3 Å². The van der Waals surface area contributed by atoms with Crippen LogP contribution < -0.4 is 10.6 Å². The molecule has 4 heteroatoms. The molecule has 3 nitrogen and oxygen atoms in total. The number of halogens is 1. The van der Waals surface area contributed by atoms with E-state index in [4.69, 9.17) is 16.0 Å². The molecule has 0 unspecified atom stereocenters. The molecule has 114 valence electrons. The molecule has 0 atom stereocenters. The second kappa shape index (κ2) is 8.23. The molecule has 0 bridgehead atoms. The van der Waals surface area contributed by atoms with Crippen LogP contribution in [0.3, 0.4) is 0 Å². The summed E-state index contributed by atoms with van der Waals surface area (Å²) in [7, 11) is 0. The van der Waals surface area contributed by atoms with Crippen molar-refractivity contribution in [2.45, 2.75) is 26.8 Å². The van der Waals surface area contributed by atoms with Crippen molar-refractivity contribution >= 4 is 11.6 Å². The van der Waals surface area contributed by atoms with Crippen molar-refractivity contribution in [3.8, 4) is 11.3 Å². The van der Waals surface area contributed by atoms with E-state index in [9.17, 15) is 0 Å². The Morgan fingerprint density at radius 1 is 1.10 bits per heavy atom. The fraction of sp³-hybridized carbons (Fsp3) is 0.412. The minimum absolute atomic E-state index is 0.756. The third kappa shape index (κ3) is 4.88. The van der Waals surface area contributed by atoms with Crippen LogP contribution in [0.15, 0.2) is 34.7 Å². The van der Waals surface area contributed by atoms with Crippen LogP contribution in [0, 0.1) is 6.92 Å². The fourth-order valence-corrected chi connectivity index (χ4v) is 2.28. The maximum Gasteiger partial charge on any atom is 0.134 e. The molecule has 0 radical (unpaired) electrons. The lowest BCUT2D eigenvalue weighted by molar-refractivity contribution is 0.488. The van der Waals surface area contributed by atoms with Gasteiger partial charge in [-0.25, -0.2) is 0 Å². The molecule has 1 aromatic carbocycles. The Morgan fingerprint density at radius 2 is 1.90 bits per heavy atom. The molecule has 0 saturated heterocycles. The average molecular weight is 307 g/mol. The van der Waals surface area contributed by atoms with Crippen LogP contribution in [0.25, 0.3) is 11.3 Å². The highest BCUT2D eigenvalue weighted by Crippen LogP contribution is 2.26. The van der Waals surface area contributed by atoms with E-state index in [1.807, 2.05) is 37.3 Å². The minimum Gasteiger partial charge on any atom is -0.460 e. The molecular weight excluding hydrogens is 284 g/mol. The van der Waals surface area contributed by atoms with Gasteiger partial charge in [-0.3, -0.25) is 0 Å². The highest BCUT2D eigenvalue weighted by Gasteiger charge is 2.06. The maximum atomic E-state index is 6.15. The zero-order chi connectivity index (χ0) is 15.1. The molecule has 2 aromatic rings. The lowest BCUT2D eigenvalue weighted by atomic mass is 10.1. The number of rotatable bonds is 8. The molecule has 2 N–H and O–H groups in total. The van der Waals surface area contributed by atoms with E-state index < -0.39 is 0 Å². The standard InChI is InChI=1S/C17H23ClN2O/c1-3-19-9-4-10-20-12-15-7-8-17(21-15)14-6-5-13(2)16(18)11-14/h5-8,11,19-20H,3-4,9-10,12H2,1-2H3. The van der Waals surface area contributed by atoms with Gasteiger partial charge >= 0.3 is 0 Å². The van der Waals surface area contributed by atoms with Gasteiger partial charge in [0, 0.05) is 10.6 Å². The van der Waals surface area contributed by atoms with E-state index >= 15 is 0 Å². The normalized spacial score (nSPS) is 11.0. The van der Waals surface area contributed by atoms with Gasteiger partial charge in [-0.15, -0.1) is 0 Å². The summed E-state index contributed by atoms with van der Waals surface area (Å²) in [5, 5.41) is 7.46. The summed E-state index contributed by atoms with van der Waals surface area (Å²) < 4.78 is 5.86. The second-order valence-corrected chi connectivity index (χ2v) is 5.52. The molecule has 1 aromatic heterocycles. The highest BCUT2D eigenvalue weighted by molar-refractivity contribution is 6.31. The van der Waals surface area contributed by atoms with Crippen LogP contribution in [-0.2, 0) is 6.54 Å².